The third-order valence-electron chi connectivity index (χ3n) is 3.62. The third kappa shape index (κ3) is 6.16. The fraction of sp³-hybridized carbons (Fsp3) is 0.474. The zero-order chi connectivity index (χ0) is 18.9. The quantitative estimate of drug-likeness (QED) is 0.526. The summed E-state index contributed by atoms with van der Waals surface area (Å²) in [4.78, 5) is 23.3. The van der Waals surface area contributed by atoms with E-state index in [9.17, 15) is 9.59 Å². The average Bonchev–Trinajstić information content (AvgIpc) is 2.57. The summed E-state index contributed by atoms with van der Waals surface area (Å²) in [6, 6.07) is 6.67. The van der Waals surface area contributed by atoms with Gasteiger partial charge in [0.1, 0.15) is 5.58 Å². The maximum atomic E-state index is 11.8. The first-order valence-electron chi connectivity index (χ1n) is 8.82. The van der Waals surface area contributed by atoms with Crippen LogP contribution in [0.25, 0.3) is 11.0 Å². The van der Waals surface area contributed by atoms with Crippen molar-refractivity contribution in [1.82, 2.24) is 5.32 Å². The van der Waals surface area contributed by atoms with E-state index in [0.717, 1.165) is 23.9 Å². The zero-order valence-electron chi connectivity index (χ0n) is 15.5. The van der Waals surface area contributed by atoms with Gasteiger partial charge in [0.05, 0.1) is 12.7 Å². The minimum absolute atomic E-state index is 0.232. The van der Waals surface area contributed by atoms with E-state index in [0.29, 0.717) is 24.4 Å². The second kappa shape index (κ2) is 9.94. The normalized spacial score (nSPS) is 11.1. The SMILES string of the molecule is CCOC(=O)Nc1ccc2c(CNCCCOC(C)C)cc(=O)oc2c1. The molecule has 7 heteroatoms. The van der Waals surface area contributed by atoms with Gasteiger partial charge in [-0.15, -0.1) is 0 Å². The molecule has 0 fully saturated rings. The van der Waals surface area contributed by atoms with Gasteiger partial charge in [-0.3, -0.25) is 5.32 Å². The average molecular weight is 362 g/mol. The molecule has 1 heterocycles. The number of anilines is 1. The summed E-state index contributed by atoms with van der Waals surface area (Å²) in [6.07, 6.45) is 0.580. The molecule has 0 spiro atoms. The van der Waals surface area contributed by atoms with E-state index in [-0.39, 0.29) is 12.7 Å². The lowest BCUT2D eigenvalue weighted by Gasteiger charge is -2.10. The summed E-state index contributed by atoms with van der Waals surface area (Å²) in [6.45, 7) is 8.07. The lowest BCUT2D eigenvalue weighted by Crippen LogP contribution is -2.18. The monoisotopic (exact) mass is 362 g/mol. The number of rotatable bonds is 9. The van der Waals surface area contributed by atoms with Gasteiger partial charge in [-0.1, -0.05) is 0 Å². The highest BCUT2D eigenvalue weighted by molar-refractivity contribution is 5.89. The lowest BCUT2D eigenvalue weighted by molar-refractivity contribution is 0.0770. The molecular formula is C19H26N2O5. The van der Waals surface area contributed by atoms with E-state index < -0.39 is 11.7 Å². The van der Waals surface area contributed by atoms with Crippen LogP contribution in [0.4, 0.5) is 10.5 Å². The van der Waals surface area contributed by atoms with Gasteiger partial charge in [-0.2, -0.15) is 0 Å². The molecule has 0 aliphatic carbocycles. The summed E-state index contributed by atoms with van der Waals surface area (Å²) in [5.41, 5.74) is 1.36. The number of hydrogen-bond donors (Lipinski definition) is 2. The van der Waals surface area contributed by atoms with Crippen molar-refractivity contribution >= 4 is 22.7 Å². The van der Waals surface area contributed by atoms with Crippen molar-refractivity contribution in [2.45, 2.75) is 39.8 Å². The molecule has 2 N–H and O–H groups in total. The van der Waals surface area contributed by atoms with Gasteiger partial charge in [0.2, 0.25) is 0 Å². The van der Waals surface area contributed by atoms with Crippen LogP contribution < -0.4 is 16.3 Å². The molecule has 1 aromatic heterocycles. The van der Waals surface area contributed by atoms with Crippen LogP contribution in [0, 0.1) is 0 Å². The number of nitrogens with one attached hydrogen (secondary N) is 2. The van der Waals surface area contributed by atoms with Crippen LogP contribution in [-0.2, 0) is 16.0 Å². The molecule has 0 atom stereocenters. The van der Waals surface area contributed by atoms with Crippen LogP contribution in [0.2, 0.25) is 0 Å². The van der Waals surface area contributed by atoms with Crippen molar-refractivity contribution in [3.05, 3.63) is 40.2 Å². The van der Waals surface area contributed by atoms with Crippen molar-refractivity contribution in [3.63, 3.8) is 0 Å². The van der Waals surface area contributed by atoms with Crippen LogP contribution >= 0.6 is 0 Å². The first-order chi connectivity index (χ1) is 12.5. The Morgan fingerprint density at radius 1 is 1.27 bits per heavy atom. The number of amides is 1. The smallest absolute Gasteiger partial charge is 0.411 e. The van der Waals surface area contributed by atoms with E-state index in [1.165, 1.54) is 6.07 Å². The van der Waals surface area contributed by atoms with Gasteiger partial charge in [0, 0.05) is 36.4 Å². The van der Waals surface area contributed by atoms with Crippen LogP contribution in [-0.4, -0.2) is 32.0 Å². The van der Waals surface area contributed by atoms with Crippen molar-refractivity contribution < 1.29 is 18.7 Å². The van der Waals surface area contributed by atoms with Gasteiger partial charge < -0.3 is 19.2 Å². The molecule has 0 saturated heterocycles. The number of benzene rings is 1. The molecule has 142 valence electrons. The molecule has 2 aromatic rings. The molecule has 0 aliphatic rings. The lowest BCUT2D eigenvalue weighted by atomic mass is 10.1. The molecule has 26 heavy (non-hydrogen) atoms. The standard InChI is InChI=1S/C19H26N2O5/c1-4-24-19(23)21-15-6-7-16-14(10-18(22)26-17(16)11-15)12-20-8-5-9-25-13(2)3/h6-7,10-11,13,20H,4-5,8-9,12H2,1-3H3,(H,21,23). The molecule has 7 nitrogen and oxygen atoms in total. The summed E-state index contributed by atoms with van der Waals surface area (Å²) in [5.74, 6) is 0. The zero-order valence-corrected chi connectivity index (χ0v) is 15.5. The molecule has 0 saturated carbocycles. The Bertz CT molecular complexity index is 785. The second-order valence-electron chi connectivity index (χ2n) is 6.10. The van der Waals surface area contributed by atoms with Crippen LogP contribution in [0.5, 0.6) is 0 Å². The Kier molecular flexibility index (Phi) is 7.62. The predicted molar refractivity (Wildman–Crippen MR) is 101 cm³/mol. The first kappa shape index (κ1) is 19.9. The molecule has 0 bridgehead atoms. The summed E-state index contributed by atoms with van der Waals surface area (Å²) < 4.78 is 15.6. The van der Waals surface area contributed by atoms with Crippen LogP contribution in [0.3, 0.4) is 0 Å². The maximum Gasteiger partial charge on any atom is 0.411 e. The van der Waals surface area contributed by atoms with Crippen molar-refractivity contribution in [1.29, 1.82) is 0 Å². The summed E-state index contributed by atoms with van der Waals surface area (Å²) >= 11 is 0. The van der Waals surface area contributed by atoms with Crippen molar-refractivity contribution in [2.24, 2.45) is 0 Å². The molecular weight excluding hydrogens is 336 g/mol. The molecule has 0 radical (unpaired) electrons. The van der Waals surface area contributed by atoms with E-state index >= 15 is 0 Å². The molecule has 1 amide bonds. The number of carbonyl (C=O) groups is 1. The topological polar surface area (TPSA) is 89.8 Å². The minimum Gasteiger partial charge on any atom is -0.450 e. The number of ether oxygens (including phenoxy) is 2. The van der Waals surface area contributed by atoms with Gasteiger partial charge in [-0.25, -0.2) is 9.59 Å². The largest absolute Gasteiger partial charge is 0.450 e. The van der Waals surface area contributed by atoms with E-state index in [2.05, 4.69) is 10.6 Å². The highest BCUT2D eigenvalue weighted by atomic mass is 16.5. The number of carbonyl (C=O) groups excluding carboxylic acids is 1. The van der Waals surface area contributed by atoms with E-state index in [1.807, 2.05) is 19.9 Å². The van der Waals surface area contributed by atoms with Gasteiger partial charge in [-0.05, 0) is 51.4 Å². The maximum absolute atomic E-state index is 11.8. The number of hydrogen-bond acceptors (Lipinski definition) is 6. The Morgan fingerprint density at radius 3 is 2.81 bits per heavy atom. The predicted octanol–water partition coefficient (Wildman–Crippen LogP) is 3.27. The van der Waals surface area contributed by atoms with Crippen LogP contribution in [0.1, 0.15) is 32.8 Å². The highest BCUT2D eigenvalue weighted by Gasteiger charge is 2.08. The van der Waals surface area contributed by atoms with E-state index in [4.69, 9.17) is 13.9 Å². The molecule has 2 rings (SSSR count). The summed E-state index contributed by atoms with van der Waals surface area (Å²) in [7, 11) is 0. The Balaban J connectivity index is 2.03. The third-order valence-corrected chi connectivity index (χ3v) is 3.62. The first-order valence-corrected chi connectivity index (χ1v) is 8.82. The fourth-order valence-corrected chi connectivity index (χ4v) is 2.48. The van der Waals surface area contributed by atoms with Gasteiger partial charge in [0.15, 0.2) is 0 Å². The second-order valence-corrected chi connectivity index (χ2v) is 6.10. The fourth-order valence-electron chi connectivity index (χ4n) is 2.48. The molecule has 0 aliphatic heterocycles. The molecule has 1 aromatic carbocycles. The Morgan fingerprint density at radius 2 is 2.08 bits per heavy atom. The van der Waals surface area contributed by atoms with E-state index in [1.54, 1.807) is 19.1 Å². The number of fused-ring (bicyclic) bond motifs is 1. The highest BCUT2D eigenvalue weighted by Crippen LogP contribution is 2.21. The summed E-state index contributed by atoms with van der Waals surface area (Å²) in [5, 5.41) is 6.73. The minimum atomic E-state index is -0.546. The molecule has 0 unspecified atom stereocenters. The van der Waals surface area contributed by atoms with Crippen LogP contribution in [0.15, 0.2) is 33.5 Å². The Labute approximate surface area is 152 Å². The van der Waals surface area contributed by atoms with Crippen molar-refractivity contribution in [2.75, 3.05) is 25.1 Å². The Hall–Kier alpha value is -2.38. The van der Waals surface area contributed by atoms with Crippen molar-refractivity contribution in [3.8, 4) is 0 Å². The van der Waals surface area contributed by atoms with Gasteiger partial charge >= 0.3 is 11.7 Å². The van der Waals surface area contributed by atoms with Gasteiger partial charge in [0.25, 0.3) is 0 Å².